The number of likely N-dealkylation sites (N-methyl/N-ethyl adjacent to an activating group) is 1. The SMILES string of the molecule is CC/C=C\C/C=C\C/C=C\C/C=C\C/C=C\C/C=C\C/C=C\CCCCCCCCCCCC(=O)OC(COC(=O)CCCC/C=C\C/C=C\C/C=C\C/C=C\CC)COP(=O)([O-])OCC[N+](C)(C)C. The second kappa shape index (κ2) is 50.1. The monoisotopic (exact) mass is 992 g/mol. The van der Waals surface area contributed by atoms with E-state index in [2.05, 4.69) is 148 Å². The van der Waals surface area contributed by atoms with Gasteiger partial charge in [-0.2, -0.15) is 0 Å². The Bertz CT molecular complexity index is 1640. The number of rotatable bonds is 47. The van der Waals surface area contributed by atoms with Crippen molar-refractivity contribution in [3.63, 3.8) is 0 Å². The van der Waals surface area contributed by atoms with Crippen LogP contribution in [-0.4, -0.2) is 70.0 Å². The smallest absolute Gasteiger partial charge is 0.306 e. The van der Waals surface area contributed by atoms with E-state index in [9.17, 15) is 19.0 Å². The van der Waals surface area contributed by atoms with Gasteiger partial charge in [0.05, 0.1) is 27.7 Å². The van der Waals surface area contributed by atoms with Crippen LogP contribution in [0.2, 0.25) is 0 Å². The van der Waals surface area contributed by atoms with Crippen molar-refractivity contribution in [2.45, 2.75) is 187 Å². The minimum atomic E-state index is -4.65. The lowest BCUT2D eigenvalue weighted by atomic mass is 10.1. The molecule has 2 atom stereocenters. The van der Waals surface area contributed by atoms with E-state index >= 15 is 0 Å². The van der Waals surface area contributed by atoms with Gasteiger partial charge in [0.15, 0.2) is 6.10 Å². The number of carbonyl (C=O) groups excluding carboxylic acids is 2. The summed E-state index contributed by atoms with van der Waals surface area (Å²) in [5, 5.41) is 0. The average molecular weight is 992 g/mol. The Morgan fingerprint density at radius 2 is 0.771 bits per heavy atom. The first-order chi connectivity index (χ1) is 34.0. The van der Waals surface area contributed by atoms with Crippen molar-refractivity contribution in [2.24, 2.45) is 0 Å². The Hall–Kier alpha value is -3.85. The van der Waals surface area contributed by atoms with Gasteiger partial charge in [-0.15, -0.1) is 0 Å². The van der Waals surface area contributed by atoms with Crippen molar-refractivity contribution < 1.29 is 42.1 Å². The first-order valence-electron chi connectivity index (χ1n) is 26.9. The normalized spacial score (nSPS) is 14.4. The molecule has 0 N–H and O–H groups in total. The van der Waals surface area contributed by atoms with E-state index in [1.165, 1.54) is 32.1 Å². The molecule has 9 nitrogen and oxygen atoms in total. The Morgan fingerprint density at radius 1 is 0.443 bits per heavy atom. The third-order valence-electron chi connectivity index (χ3n) is 10.7. The van der Waals surface area contributed by atoms with E-state index in [0.29, 0.717) is 23.9 Å². The molecule has 10 heteroatoms. The maximum Gasteiger partial charge on any atom is 0.306 e. The highest BCUT2D eigenvalue weighted by atomic mass is 31.2. The molecule has 2 unspecified atom stereocenters. The highest BCUT2D eigenvalue weighted by Gasteiger charge is 2.21. The number of hydrogen-bond acceptors (Lipinski definition) is 8. The number of allylic oxidation sites excluding steroid dienone is 22. The Morgan fingerprint density at radius 3 is 1.17 bits per heavy atom. The largest absolute Gasteiger partial charge is 0.756 e. The van der Waals surface area contributed by atoms with Crippen LogP contribution in [0.25, 0.3) is 0 Å². The van der Waals surface area contributed by atoms with Crippen LogP contribution in [0.3, 0.4) is 0 Å². The van der Waals surface area contributed by atoms with Gasteiger partial charge in [0.1, 0.15) is 19.8 Å². The summed E-state index contributed by atoms with van der Waals surface area (Å²) in [6.45, 7) is 3.92. The van der Waals surface area contributed by atoms with Gasteiger partial charge in [-0.05, 0) is 109 Å². The zero-order valence-corrected chi connectivity index (χ0v) is 45.5. The molecule has 0 saturated heterocycles. The molecule has 70 heavy (non-hydrogen) atoms. The number of phosphoric acid groups is 1. The lowest BCUT2D eigenvalue weighted by Gasteiger charge is -2.28. The summed E-state index contributed by atoms with van der Waals surface area (Å²) in [6.07, 6.45) is 72.1. The predicted octanol–water partition coefficient (Wildman–Crippen LogP) is 15.9. The molecule has 0 saturated carbocycles. The number of phosphoric ester groups is 1. The second-order valence-corrected chi connectivity index (χ2v) is 19.9. The fourth-order valence-corrected chi connectivity index (χ4v) is 7.29. The summed E-state index contributed by atoms with van der Waals surface area (Å²) in [7, 11) is 1.12. The first-order valence-corrected chi connectivity index (χ1v) is 28.4. The molecule has 0 aliphatic rings. The van der Waals surface area contributed by atoms with Crippen LogP contribution in [0.1, 0.15) is 181 Å². The van der Waals surface area contributed by atoms with Gasteiger partial charge in [0.25, 0.3) is 7.82 Å². The number of carbonyl (C=O) groups is 2. The van der Waals surface area contributed by atoms with E-state index < -0.39 is 32.5 Å². The van der Waals surface area contributed by atoms with Crippen LogP contribution >= 0.6 is 7.82 Å². The molecule has 0 heterocycles. The van der Waals surface area contributed by atoms with Crippen molar-refractivity contribution in [3.05, 3.63) is 134 Å². The van der Waals surface area contributed by atoms with Gasteiger partial charge < -0.3 is 27.9 Å². The molecule has 0 radical (unpaired) electrons. The molecule has 0 rings (SSSR count). The van der Waals surface area contributed by atoms with Gasteiger partial charge in [-0.3, -0.25) is 14.2 Å². The summed E-state index contributed by atoms with van der Waals surface area (Å²) in [5.74, 6) is -0.902. The zero-order chi connectivity index (χ0) is 51.3. The number of hydrogen-bond donors (Lipinski definition) is 0. The van der Waals surface area contributed by atoms with Crippen LogP contribution in [0, 0.1) is 0 Å². The molecule has 0 aliphatic carbocycles. The molecular formula is C60H98NO8P. The minimum Gasteiger partial charge on any atom is -0.756 e. The van der Waals surface area contributed by atoms with Gasteiger partial charge in [0, 0.05) is 12.8 Å². The number of quaternary nitrogens is 1. The maximum absolute atomic E-state index is 12.8. The quantitative estimate of drug-likeness (QED) is 0.0195. The van der Waals surface area contributed by atoms with Crippen molar-refractivity contribution >= 4 is 19.8 Å². The fourth-order valence-electron chi connectivity index (χ4n) is 6.57. The Kier molecular flexibility index (Phi) is 47.3. The van der Waals surface area contributed by atoms with Gasteiger partial charge >= 0.3 is 11.9 Å². The van der Waals surface area contributed by atoms with Crippen LogP contribution in [0.15, 0.2) is 134 Å². The van der Waals surface area contributed by atoms with Gasteiger partial charge in [0.2, 0.25) is 0 Å². The predicted molar refractivity (Wildman–Crippen MR) is 295 cm³/mol. The fraction of sp³-hybridized carbons (Fsp3) is 0.600. The third-order valence-corrected chi connectivity index (χ3v) is 11.6. The van der Waals surface area contributed by atoms with Crippen LogP contribution in [0.5, 0.6) is 0 Å². The number of ether oxygens (including phenoxy) is 2. The third kappa shape index (κ3) is 53.5. The highest BCUT2D eigenvalue weighted by molar-refractivity contribution is 7.45. The average Bonchev–Trinajstić information content (AvgIpc) is 3.32. The summed E-state index contributed by atoms with van der Waals surface area (Å²) in [6, 6.07) is 0. The van der Waals surface area contributed by atoms with Gasteiger partial charge in [-0.25, -0.2) is 0 Å². The number of nitrogens with zero attached hydrogens (tertiary/aromatic N) is 1. The summed E-state index contributed by atoms with van der Waals surface area (Å²) < 4.78 is 34.0. The van der Waals surface area contributed by atoms with Crippen molar-refractivity contribution in [3.8, 4) is 0 Å². The van der Waals surface area contributed by atoms with E-state index in [4.69, 9.17) is 18.5 Å². The Balaban J connectivity index is 4.25. The maximum atomic E-state index is 12.8. The lowest BCUT2D eigenvalue weighted by Crippen LogP contribution is -2.37. The first kappa shape index (κ1) is 66.2. The summed E-state index contributed by atoms with van der Waals surface area (Å²) in [4.78, 5) is 37.7. The number of esters is 2. The number of unbranched alkanes of at least 4 members (excludes halogenated alkanes) is 11. The van der Waals surface area contributed by atoms with E-state index in [0.717, 1.165) is 109 Å². The molecule has 0 amide bonds. The van der Waals surface area contributed by atoms with Crippen molar-refractivity contribution in [2.75, 3.05) is 47.5 Å². The summed E-state index contributed by atoms with van der Waals surface area (Å²) >= 11 is 0. The second-order valence-electron chi connectivity index (χ2n) is 18.5. The van der Waals surface area contributed by atoms with E-state index in [-0.39, 0.29) is 26.1 Å². The summed E-state index contributed by atoms with van der Waals surface area (Å²) in [5.41, 5.74) is 0. The molecule has 0 aliphatic heterocycles. The van der Waals surface area contributed by atoms with Crippen LogP contribution < -0.4 is 4.89 Å². The Labute approximate surface area is 428 Å². The van der Waals surface area contributed by atoms with Crippen molar-refractivity contribution in [1.29, 1.82) is 0 Å². The molecule has 0 aromatic rings. The molecule has 0 aromatic heterocycles. The van der Waals surface area contributed by atoms with E-state index in [1.807, 2.05) is 21.1 Å². The van der Waals surface area contributed by atoms with Crippen LogP contribution in [0.4, 0.5) is 0 Å². The lowest BCUT2D eigenvalue weighted by molar-refractivity contribution is -0.870. The van der Waals surface area contributed by atoms with Gasteiger partial charge in [-0.1, -0.05) is 192 Å². The molecule has 0 fully saturated rings. The van der Waals surface area contributed by atoms with E-state index in [1.54, 1.807) is 0 Å². The highest BCUT2D eigenvalue weighted by Crippen LogP contribution is 2.38. The topological polar surface area (TPSA) is 111 Å². The molecule has 0 aromatic carbocycles. The van der Waals surface area contributed by atoms with Crippen LogP contribution in [-0.2, 0) is 32.7 Å². The molecule has 396 valence electrons. The minimum absolute atomic E-state index is 0.0466. The zero-order valence-electron chi connectivity index (χ0n) is 44.7. The molecule has 0 bridgehead atoms. The standard InChI is InChI=1S/C60H98NO8P/c1-6-8-10-12-14-16-18-20-22-23-24-25-26-27-28-29-30-31-32-33-34-35-36-37-39-41-43-45-47-49-51-53-60(63)69-58(57-68-70(64,65)67-55-54-61(3,4)5)56-66-59(62)52-50-48-46-44-42-40-38-21-19-17-15-13-11-9-7-2/h8-11,14-17,20-22,24-25,27-28,30-31,33-34,38,42,44,58H,6-7,12-13,18-19,23,26,29,32,35-37,39-41,43,45-57H2,1-5H3/b10-8-,11-9-,16-14-,17-15-,22-20-,25-24-,28-27-,31-30-,34-33-,38-21-,44-42-. The van der Waals surface area contributed by atoms with Crippen molar-refractivity contribution in [1.82, 2.24) is 0 Å². The molecule has 0 spiro atoms. The molecular weight excluding hydrogens is 894 g/mol.